The van der Waals surface area contributed by atoms with Crippen LogP contribution in [0.2, 0.25) is 0 Å². The van der Waals surface area contributed by atoms with Crippen molar-refractivity contribution in [3.63, 3.8) is 0 Å². The van der Waals surface area contributed by atoms with E-state index in [0.717, 1.165) is 24.4 Å². The molecule has 0 atom stereocenters. The molecule has 1 aliphatic carbocycles. The molecule has 1 amide bonds. The van der Waals surface area contributed by atoms with Gasteiger partial charge in [-0.15, -0.1) is 5.10 Å². The summed E-state index contributed by atoms with van der Waals surface area (Å²) in [6.45, 7) is 2.34. The molecule has 0 spiro atoms. The summed E-state index contributed by atoms with van der Waals surface area (Å²) in [6, 6.07) is 7.67. The number of rotatable bonds is 5. The van der Waals surface area contributed by atoms with Gasteiger partial charge in [-0.1, -0.05) is 6.92 Å². The van der Waals surface area contributed by atoms with Crippen LogP contribution in [-0.4, -0.2) is 50.7 Å². The lowest BCUT2D eigenvalue weighted by Crippen LogP contribution is -2.41. The van der Waals surface area contributed by atoms with Crippen molar-refractivity contribution in [1.29, 1.82) is 0 Å². The van der Waals surface area contributed by atoms with Gasteiger partial charge in [0, 0.05) is 13.1 Å². The second-order valence-corrected chi connectivity index (χ2v) is 6.46. The van der Waals surface area contributed by atoms with Crippen LogP contribution in [0.3, 0.4) is 0 Å². The summed E-state index contributed by atoms with van der Waals surface area (Å²) >= 11 is 0. The SMILES string of the molecule is CC1CCC(N(C)C(=O)COc2ccc(-n3cnnn3)cc2)CC1. The van der Waals surface area contributed by atoms with E-state index in [1.54, 1.807) is 4.68 Å². The van der Waals surface area contributed by atoms with E-state index in [1.165, 1.54) is 19.2 Å². The molecule has 0 saturated heterocycles. The first kappa shape index (κ1) is 16.4. The van der Waals surface area contributed by atoms with Crippen LogP contribution in [0.5, 0.6) is 5.75 Å². The molecular weight excluding hydrogens is 306 g/mol. The lowest BCUT2D eigenvalue weighted by atomic mass is 9.87. The number of benzene rings is 1. The van der Waals surface area contributed by atoms with Gasteiger partial charge in [0.05, 0.1) is 5.69 Å². The largest absolute Gasteiger partial charge is 0.484 e. The fourth-order valence-electron chi connectivity index (χ4n) is 3.05. The maximum Gasteiger partial charge on any atom is 0.260 e. The number of ether oxygens (including phenoxy) is 1. The molecule has 0 N–H and O–H groups in total. The van der Waals surface area contributed by atoms with Gasteiger partial charge in [0.2, 0.25) is 0 Å². The average molecular weight is 329 g/mol. The van der Waals surface area contributed by atoms with Gasteiger partial charge in [-0.3, -0.25) is 4.79 Å². The molecule has 0 bridgehead atoms. The first-order valence-corrected chi connectivity index (χ1v) is 8.35. The molecule has 1 aromatic heterocycles. The van der Waals surface area contributed by atoms with Crippen molar-refractivity contribution in [3.8, 4) is 11.4 Å². The number of hydrogen-bond donors (Lipinski definition) is 0. The predicted octanol–water partition coefficient (Wildman–Crippen LogP) is 2.08. The summed E-state index contributed by atoms with van der Waals surface area (Å²) in [5.41, 5.74) is 0.840. The Morgan fingerprint density at radius 3 is 2.58 bits per heavy atom. The molecule has 3 rings (SSSR count). The van der Waals surface area contributed by atoms with Gasteiger partial charge >= 0.3 is 0 Å². The molecular formula is C17H23N5O2. The van der Waals surface area contributed by atoms with E-state index in [4.69, 9.17) is 4.74 Å². The highest BCUT2D eigenvalue weighted by Gasteiger charge is 2.24. The molecule has 1 aliphatic rings. The molecule has 1 fully saturated rings. The number of likely N-dealkylation sites (N-methyl/N-ethyl adjacent to an activating group) is 1. The fourth-order valence-corrected chi connectivity index (χ4v) is 3.05. The molecule has 24 heavy (non-hydrogen) atoms. The lowest BCUT2D eigenvalue weighted by Gasteiger charge is -2.33. The van der Waals surface area contributed by atoms with Gasteiger partial charge in [-0.05, 0) is 66.3 Å². The Bertz CT molecular complexity index is 648. The van der Waals surface area contributed by atoms with E-state index in [9.17, 15) is 4.79 Å². The molecule has 0 aliphatic heterocycles. The van der Waals surface area contributed by atoms with Crippen LogP contribution in [-0.2, 0) is 4.79 Å². The van der Waals surface area contributed by atoms with E-state index in [2.05, 4.69) is 22.4 Å². The van der Waals surface area contributed by atoms with Crippen LogP contribution in [0.4, 0.5) is 0 Å². The molecule has 128 valence electrons. The van der Waals surface area contributed by atoms with Crippen molar-refractivity contribution in [2.45, 2.75) is 38.6 Å². The Kier molecular flexibility index (Phi) is 5.08. The molecule has 0 unspecified atom stereocenters. The highest BCUT2D eigenvalue weighted by atomic mass is 16.5. The number of carbonyl (C=O) groups excluding carboxylic acids is 1. The van der Waals surface area contributed by atoms with Crippen molar-refractivity contribution < 1.29 is 9.53 Å². The summed E-state index contributed by atoms with van der Waals surface area (Å²) in [4.78, 5) is 14.2. The second kappa shape index (κ2) is 7.42. The van der Waals surface area contributed by atoms with Crippen LogP contribution in [0.1, 0.15) is 32.6 Å². The minimum Gasteiger partial charge on any atom is -0.484 e. The molecule has 7 nitrogen and oxygen atoms in total. The van der Waals surface area contributed by atoms with Crippen LogP contribution < -0.4 is 4.74 Å². The number of amides is 1. The van der Waals surface area contributed by atoms with Crippen molar-refractivity contribution in [1.82, 2.24) is 25.1 Å². The van der Waals surface area contributed by atoms with Crippen LogP contribution in [0, 0.1) is 5.92 Å². The standard InChI is InChI=1S/C17H23N5O2/c1-13-3-5-14(6-4-13)21(2)17(23)11-24-16-9-7-15(8-10-16)22-12-18-19-20-22/h7-10,12-14H,3-6,11H2,1-2H3. The molecule has 1 heterocycles. The minimum absolute atomic E-state index is 0.0269. The quantitative estimate of drug-likeness (QED) is 0.840. The van der Waals surface area contributed by atoms with E-state index >= 15 is 0 Å². The summed E-state index contributed by atoms with van der Waals surface area (Å²) < 4.78 is 7.18. The van der Waals surface area contributed by atoms with Gasteiger partial charge in [0.1, 0.15) is 12.1 Å². The Labute approximate surface area is 141 Å². The normalized spacial score (nSPS) is 20.6. The number of carbonyl (C=O) groups is 1. The molecule has 7 heteroatoms. The zero-order valence-corrected chi connectivity index (χ0v) is 14.1. The minimum atomic E-state index is 0.0269. The first-order chi connectivity index (χ1) is 11.6. The topological polar surface area (TPSA) is 73.1 Å². The molecule has 1 aromatic carbocycles. The maximum atomic E-state index is 12.3. The second-order valence-electron chi connectivity index (χ2n) is 6.46. The van der Waals surface area contributed by atoms with Gasteiger partial charge in [-0.2, -0.15) is 0 Å². The lowest BCUT2D eigenvalue weighted by molar-refractivity contribution is -0.134. The molecule has 0 radical (unpaired) electrons. The van der Waals surface area contributed by atoms with Crippen LogP contribution in [0.15, 0.2) is 30.6 Å². The Hall–Kier alpha value is -2.44. The zero-order chi connectivity index (χ0) is 16.9. The average Bonchev–Trinajstić information content (AvgIpc) is 3.15. The van der Waals surface area contributed by atoms with Gasteiger partial charge in [0.15, 0.2) is 6.61 Å². The van der Waals surface area contributed by atoms with E-state index < -0.39 is 0 Å². The monoisotopic (exact) mass is 329 g/mol. The zero-order valence-electron chi connectivity index (χ0n) is 14.1. The van der Waals surface area contributed by atoms with E-state index in [0.29, 0.717) is 11.8 Å². The summed E-state index contributed by atoms with van der Waals surface area (Å²) in [5.74, 6) is 1.46. The third kappa shape index (κ3) is 3.90. The van der Waals surface area contributed by atoms with Crippen LogP contribution >= 0.6 is 0 Å². The smallest absolute Gasteiger partial charge is 0.260 e. The summed E-state index contributed by atoms with van der Waals surface area (Å²) in [7, 11) is 1.88. The van der Waals surface area contributed by atoms with E-state index in [1.807, 2.05) is 36.2 Å². The van der Waals surface area contributed by atoms with Gasteiger partial charge in [-0.25, -0.2) is 4.68 Å². The molecule has 2 aromatic rings. The number of aromatic nitrogens is 4. The number of tetrazole rings is 1. The van der Waals surface area contributed by atoms with Gasteiger partial charge < -0.3 is 9.64 Å². The van der Waals surface area contributed by atoms with E-state index in [-0.39, 0.29) is 12.5 Å². The highest BCUT2D eigenvalue weighted by molar-refractivity contribution is 5.77. The van der Waals surface area contributed by atoms with Crippen molar-refractivity contribution in [3.05, 3.63) is 30.6 Å². The maximum absolute atomic E-state index is 12.3. The summed E-state index contributed by atoms with van der Waals surface area (Å²) in [6.07, 6.45) is 6.09. The third-order valence-corrected chi connectivity index (χ3v) is 4.74. The Morgan fingerprint density at radius 1 is 1.25 bits per heavy atom. The number of nitrogens with zero attached hydrogens (tertiary/aromatic N) is 5. The van der Waals surface area contributed by atoms with Crippen LogP contribution in [0.25, 0.3) is 5.69 Å². The fraction of sp³-hybridized carbons (Fsp3) is 0.529. The van der Waals surface area contributed by atoms with Gasteiger partial charge in [0.25, 0.3) is 5.91 Å². The Balaban J connectivity index is 1.50. The highest BCUT2D eigenvalue weighted by Crippen LogP contribution is 2.26. The molecule has 1 saturated carbocycles. The third-order valence-electron chi connectivity index (χ3n) is 4.74. The predicted molar refractivity (Wildman–Crippen MR) is 88.8 cm³/mol. The van der Waals surface area contributed by atoms with Crippen molar-refractivity contribution >= 4 is 5.91 Å². The number of hydrogen-bond acceptors (Lipinski definition) is 5. The first-order valence-electron chi connectivity index (χ1n) is 8.35. The van der Waals surface area contributed by atoms with Crippen molar-refractivity contribution in [2.24, 2.45) is 5.92 Å². The summed E-state index contributed by atoms with van der Waals surface area (Å²) in [5, 5.41) is 11.0. The van der Waals surface area contributed by atoms with Crippen molar-refractivity contribution in [2.75, 3.05) is 13.7 Å². The Morgan fingerprint density at radius 2 is 1.96 bits per heavy atom.